The second-order valence-corrected chi connectivity index (χ2v) is 5.95. The van der Waals surface area contributed by atoms with Gasteiger partial charge in [0.25, 0.3) is 5.91 Å². The number of aromatic nitrogens is 2. The molecule has 0 unspecified atom stereocenters. The molecule has 0 radical (unpaired) electrons. The Bertz CT molecular complexity index is 964. The van der Waals surface area contributed by atoms with Gasteiger partial charge in [0.05, 0.1) is 6.61 Å². The number of carbonyl (C=O) groups excluding carboxylic acids is 1. The van der Waals surface area contributed by atoms with E-state index in [4.69, 9.17) is 14.1 Å². The predicted molar refractivity (Wildman–Crippen MR) is 106 cm³/mol. The average molecular weight is 379 g/mol. The Hall–Kier alpha value is -3.61. The first-order chi connectivity index (χ1) is 13.6. The number of nitrogens with one attached hydrogen (secondary N) is 1. The molecule has 0 aliphatic carbocycles. The van der Waals surface area contributed by atoms with Crippen molar-refractivity contribution in [1.82, 2.24) is 10.3 Å². The van der Waals surface area contributed by atoms with Gasteiger partial charge in [0.15, 0.2) is 5.69 Å². The van der Waals surface area contributed by atoms with Crippen LogP contribution in [0.1, 0.15) is 22.8 Å². The van der Waals surface area contributed by atoms with Gasteiger partial charge >= 0.3 is 0 Å². The summed E-state index contributed by atoms with van der Waals surface area (Å²) in [5.41, 5.74) is 2.63. The molecule has 0 atom stereocenters. The van der Waals surface area contributed by atoms with E-state index in [1.165, 1.54) is 0 Å². The van der Waals surface area contributed by atoms with E-state index in [1.807, 2.05) is 32.0 Å². The molecule has 3 aromatic rings. The van der Waals surface area contributed by atoms with E-state index in [2.05, 4.69) is 22.2 Å². The zero-order valence-corrected chi connectivity index (χ0v) is 15.8. The Balaban J connectivity index is 1.76. The summed E-state index contributed by atoms with van der Waals surface area (Å²) in [6.07, 6.45) is 1.66. The third-order valence-corrected chi connectivity index (χ3v) is 3.95. The van der Waals surface area contributed by atoms with Crippen molar-refractivity contribution in [2.45, 2.75) is 13.8 Å². The highest BCUT2D eigenvalue weighted by molar-refractivity contribution is 6.05. The van der Waals surface area contributed by atoms with Gasteiger partial charge in [-0.15, -0.1) is 0 Å². The molecule has 0 aliphatic rings. The molecule has 7 heteroatoms. The third kappa shape index (κ3) is 4.37. The molecule has 2 aromatic carbocycles. The third-order valence-electron chi connectivity index (χ3n) is 3.95. The summed E-state index contributed by atoms with van der Waals surface area (Å²) in [7, 11) is 0. The van der Waals surface area contributed by atoms with Gasteiger partial charge in [0, 0.05) is 11.1 Å². The van der Waals surface area contributed by atoms with Crippen LogP contribution >= 0.6 is 0 Å². The fourth-order valence-corrected chi connectivity index (χ4v) is 2.61. The minimum absolute atomic E-state index is 0.251. The molecule has 0 spiro atoms. The van der Waals surface area contributed by atoms with Crippen molar-refractivity contribution >= 4 is 11.7 Å². The number of hydrogen-bond acceptors (Lipinski definition) is 6. The lowest BCUT2D eigenvalue weighted by Crippen LogP contribution is -2.12. The Morgan fingerprint density at radius 1 is 1.18 bits per heavy atom. The molecule has 0 bridgehead atoms. The van der Waals surface area contributed by atoms with E-state index in [1.54, 1.807) is 30.3 Å². The smallest absolute Gasteiger partial charge is 0.256 e. The zero-order chi connectivity index (χ0) is 19.9. The molecule has 1 N–H and O–H groups in total. The van der Waals surface area contributed by atoms with Gasteiger partial charge in [-0.25, -0.2) is 4.63 Å². The summed E-state index contributed by atoms with van der Waals surface area (Å²) in [4.78, 5) is 12.5. The van der Waals surface area contributed by atoms with E-state index < -0.39 is 0 Å². The van der Waals surface area contributed by atoms with Crippen molar-refractivity contribution in [2.75, 3.05) is 18.5 Å². The van der Waals surface area contributed by atoms with Crippen LogP contribution in [0.3, 0.4) is 0 Å². The lowest BCUT2D eigenvalue weighted by molar-refractivity contribution is 0.102. The van der Waals surface area contributed by atoms with Gasteiger partial charge in [-0.1, -0.05) is 12.7 Å². The molecule has 7 nitrogen and oxygen atoms in total. The molecule has 1 amide bonds. The van der Waals surface area contributed by atoms with Crippen molar-refractivity contribution in [3.8, 4) is 22.8 Å². The minimum Gasteiger partial charge on any atom is -0.494 e. The van der Waals surface area contributed by atoms with Crippen molar-refractivity contribution < 1.29 is 18.9 Å². The number of nitrogens with zero attached hydrogens (tertiary/aromatic N) is 2. The second-order valence-electron chi connectivity index (χ2n) is 5.95. The summed E-state index contributed by atoms with van der Waals surface area (Å²) >= 11 is 0. The average Bonchev–Trinajstić information content (AvgIpc) is 3.16. The lowest BCUT2D eigenvalue weighted by Gasteiger charge is -2.09. The Labute approximate surface area is 162 Å². The number of carbonyl (C=O) groups is 1. The molecular formula is C21H21N3O4. The van der Waals surface area contributed by atoms with E-state index in [0.717, 1.165) is 16.9 Å². The summed E-state index contributed by atoms with van der Waals surface area (Å²) < 4.78 is 15.8. The number of anilines is 1. The van der Waals surface area contributed by atoms with Crippen LogP contribution in [0.15, 0.2) is 59.7 Å². The molecule has 144 valence electrons. The van der Waals surface area contributed by atoms with Crippen LogP contribution in [0.2, 0.25) is 0 Å². The van der Waals surface area contributed by atoms with E-state index in [-0.39, 0.29) is 11.7 Å². The normalized spacial score (nSPS) is 10.4. The number of hydrogen-bond donors (Lipinski definition) is 1. The molecule has 0 saturated carbocycles. The van der Waals surface area contributed by atoms with Crippen LogP contribution in [0.25, 0.3) is 11.3 Å². The first-order valence-corrected chi connectivity index (χ1v) is 8.84. The summed E-state index contributed by atoms with van der Waals surface area (Å²) in [6.45, 7) is 8.46. The van der Waals surface area contributed by atoms with Crippen LogP contribution in [0, 0.1) is 6.92 Å². The van der Waals surface area contributed by atoms with E-state index in [9.17, 15) is 4.79 Å². The minimum atomic E-state index is -0.324. The fourth-order valence-electron chi connectivity index (χ4n) is 2.61. The maximum atomic E-state index is 12.5. The maximum absolute atomic E-state index is 12.5. The highest BCUT2D eigenvalue weighted by Crippen LogP contribution is 2.29. The molecule has 0 aliphatic heterocycles. The summed E-state index contributed by atoms with van der Waals surface area (Å²) in [5.74, 6) is 1.38. The lowest BCUT2D eigenvalue weighted by atomic mass is 10.1. The van der Waals surface area contributed by atoms with Crippen molar-refractivity contribution in [3.05, 3.63) is 66.2 Å². The fraction of sp³-hybridized carbons (Fsp3) is 0.190. The molecule has 3 rings (SSSR count). The molecular weight excluding hydrogens is 358 g/mol. The van der Waals surface area contributed by atoms with Crippen molar-refractivity contribution in [1.29, 1.82) is 0 Å². The van der Waals surface area contributed by atoms with E-state index >= 15 is 0 Å². The molecule has 0 fully saturated rings. The van der Waals surface area contributed by atoms with Crippen LogP contribution in [-0.4, -0.2) is 29.4 Å². The molecule has 1 heterocycles. The SMILES string of the molecule is C=CCOc1ccc(C(=O)Nc2nonc2-c2ccc(OCC)c(C)c2)cc1. The summed E-state index contributed by atoms with van der Waals surface area (Å²) in [6, 6.07) is 12.4. The Morgan fingerprint density at radius 2 is 1.96 bits per heavy atom. The highest BCUT2D eigenvalue weighted by atomic mass is 16.6. The Kier molecular flexibility index (Phi) is 6.06. The van der Waals surface area contributed by atoms with Crippen LogP contribution < -0.4 is 14.8 Å². The maximum Gasteiger partial charge on any atom is 0.256 e. The largest absolute Gasteiger partial charge is 0.494 e. The highest BCUT2D eigenvalue weighted by Gasteiger charge is 2.17. The van der Waals surface area contributed by atoms with Gasteiger partial charge in [0.1, 0.15) is 18.1 Å². The Morgan fingerprint density at radius 3 is 2.64 bits per heavy atom. The van der Waals surface area contributed by atoms with Crippen LogP contribution in [-0.2, 0) is 0 Å². The number of benzene rings is 2. The van der Waals surface area contributed by atoms with Crippen molar-refractivity contribution in [3.63, 3.8) is 0 Å². The standard InChI is InChI=1S/C21H21N3O4/c1-4-12-27-17-9-6-15(7-10-17)21(25)22-20-19(23-28-24-20)16-8-11-18(26-5-2)14(3)13-16/h4,6-11,13H,1,5,12H2,2-3H3,(H,22,24,25). The predicted octanol–water partition coefficient (Wildman–Crippen LogP) is 4.26. The second kappa shape index (κ2) is 8.85. The van der Waals surface area contributed by atoms with Gasteiger partial charge in [0.2, 0.25) is 5.82 Å². The number of rotatable bonds is 8. The van der Waals surface area contributed by atoms with Gasteiger partial charge < -0.3 is 14.8 Å². The van der Waals surface area contributed by atoms with Gasteiger partial charge in [-0.05, 0) is 72.2 Å². The number of ether oxygens (including phenoxy) is 2. The van der Waals surface area contributed by atoms with Crippen LogP contribution in [0.5, 0.6) is 11.5 Å². The number of aryl methyl sites for hydroxylation is 1. The quantitative estimate of drug-likeness (QED) is 0.589. The molecule has 28 heavy (non-hydrogen) atoms. The topological polar surface area (TPSA) is 86.5 Å². The molecule has 0 saturated heterocycles. The summed E-state index contributed by atoms with van der Waals surface area (Å²) in [5, 5.41) is 10.5. The van der Waals surface area contributed by atoms with Gasteiger partial charge in [-0.2, -0.15) is 0 Å². The zero-order valence-electron chi connectivity index (χ0n) is 15.8. The first kappa shape index (κ1) is 19.2. The van der Waals surface area contributed by atoms with Crippen molar-refractivity contribution in [2.24, 2.45) is 0 Å². The first-order valence-electron chi connectivity index (χ1n) is 8.84. The monoisotopic (exact) mass is 379 g/mol. The molecule has 1 aromatic heterocycles. The van der Waals surface area contributed by atoms with E-state index in [0.29, 0.717) is 30.2 Å². The van der Waals surface area contributed by atoms with Gasteiger partial charge in [-0.3, -0.25) is 4.79 Å². The number of amides is 1. The van der Waals surface area contributed by atoms with Crippen LogP contribution in [0.4, 0.5) is 5.82 Å².